The van der Waals surface area contributed by atoms with Crippen LogP contribution in [0, 0.1) is 5.92 Å². The third-order valence-electron chi connectivity index (χ3n) is 3.62. The Morgan fingerprint density at radius 1 is 1.53 bits per heavy atom. The van der Waals surface area contributed by atoms with Crippen molar-refractivity contribution < 1.29 is 5.11 Å². The van der Waals surface area contributed by atoms with Gasteiger partial charge in [-0.05, 0) is 52.9 Å². The molecule has 17 heavy (non-hydrogen) atoms. The Hall–Kier alpha value is -0.870. The van der Waals surface area contributed by atoms with Crippen molar-refractivity contribution >= 4 is 22.0 Å². The van der Waals surface area contributed by atoms with Crippen LogP contribution in [-0.4, -0.2) is 34.2 Å². The lowest BCUT2D eigenvalue weighted by Crippen LogP contribution is -2.34. The van der Waals surface area contributed by atoms with E-state index in [0.717, 1.165) is 35.4 Å². The van der Waals surface area contributed by atoms with E-state index in [4.69, 9.17) is 0 Å². The minimum absolute atomic E-state index is 0.329. The van der Waals surface area contributed by atoms with Crippen LogP contribution < -0.4 is 0 Å². The molecule has 4 heteroatoms. The van der Waals surface area contributed by atoms with Crippen molar-refractivity contribution in [2.75, 3.05) is 13.1 Å². The van der Waals surface area contributed by atoms with E-state index in [1.165, 1.54) is 6.42 Å². The highest BCUT2D eigenvalue weighted by atomic mass is 79.9. The molecule has 2 unspecified atom stereocenters. The fraction of sp³-hybridized carbons (Fsp3) is 0.462. The first-order valence-corrected chi connectivity index (χ1v) is 6.78. The Morgan fingerprint density at radius 2 is 2.41 bits per heavy atom. The predicted molar refractivity (Wildman–Crippen MR) is 70.2 cm³/mol. The smallest absolute Gasteiger partial charge is 0.0940 e. The van der Waals surface area contributed by atoms with E-state index in [0.29, 0.717) is 5.92 Å². The van der Waals surface area contributed by atoms with Gasteiger partial charge in [0, 0.05) is 29.5 Å². The SMILES string of the molecule is OC1CC2CCN(C2)/C1=C\c1ncccc1Br. The molecule has 0 spiro atoms. The topological polar surface area (TPSA) is 36.4 Å². The summed E-state index contributed by atoms with van der Waals surface area (Å²) in [4.78, 5) is 6.62. The molecule has 2 bridgehead atoms. The van der Waals surface area contributed by atoms with Gasteiger partial charge in [0.15, 0.2) is 0 Å². The first kappa shape index (κ1) is 11.2. The van der Waals surface area contributed by atoms with Crippen LogP contribution in [0.1, 0.15) is 18.5 Å². The largest absolute Gasteiger partial charge is 0.387 e. The quantitative estimate of drug-likeness (QED) is 0.863. The maximum atomic E-state index is 10.1. The minimum Gasteiger partial charge on any atom is -0.387 e. The number of hydrogen-bond acceptors (Lipinski definition) is 3. The molecule has 2 aliphatic rings. The van der Waals surface area contributed by atoms with E-state index in [-0.39, 0.29) is 6.10 Å². The lowest BCUT2D eigenvalue weighted by atomic mass is 9.96. The van der Waals surface area contributed by atoms with Gasteiger partial charge in [-0.1, -0.05) is 0 Å². The molecule has 0 radical (unpaired) electrons. The van der Waals surface area contributed by atoms with Gasteiger partial charge in [0.1, 0.15) is 0 Å². The minimum atomic E-state index is -0.329. The van der Waals surface area contributed by atoms with Gasteiger partial charge in [0.2, 0.25) is 0 Å². The van der Waals surface area contributed by atoms with Gasteiger partial charge in [-0.15, -0.1) is 0 Å². The number of aliphatic hydroxyl groups is 1. The molecule has 1 aromatic rings. The average molecular weight is 295 g/mol. The summed E-state index contributed by atoms with van der Waals surface area (Å²) in [7, 11) is 0. The molecule has 3 heterocycles. The Kier molecular flexibility index (Phi) is 2.92. The van der Waals surface area contributed by atoms with E-state index in [1.54, 1.807) is 6.20 Å². The standard InChI is InChI=1S/C13H15BrN2O/c14-10-2-1-4-15-11(10)7-12-13(17)6-9-3-5-16(12)8-9/h1-2,4,7,9,13,17H,3,5-6,8H2/b12-7-. The zero-order valence-corrected chi connectivity index (χ0v) is 11.1. The summed E-state index contributed by atoms with van der Waals surface area (Å²) in [6, 6.07) is 3.87. The van der Waals surface area contributed by atoms with Crippen LogP contribution in [0.4, 0.5) is 0 Å². The number of hydrogen-bond donors (Lipinski definition) is 1. The van der Waals surface area contributed by atoms with Crippen LogP contribution in [0.3, 0.4) is 0 Å². The van der Waals surface area contributed by atoms with E-state index in [1.807, 2.05) is 18.2 Å². The Labute approximate surface area is 109 Å². The van der Waals surface area contributed by atoms with Gasteiger partial charge in [-0.2, -0.15) is 0 Å². The molecule has 2 aliphatic heterocycles. The molecule has 0 saturated carbocycles. The zero-order chi connectivity index (χ0) is 11.8. The van der Waals surface area contributed by atoms with Crippen molar-refractivity contribution in [3.8, 4) is 0 Å². The molecule has 2 fully saturated rings. The first-order valence-electron chi connectivity index (χ1n) is 5.99. The van der Waals surface area contributed by atoms with Crippen molar-refractivity contribution in [1.29, 1.82) is 0 Å². The average Bonchev–Trinajstić information content (AvgIpc) is 2.70. The lowest BCUT2D eigenvalue weighted by Gasteiger charge is -2.31. The number of halogens is 1. The number of pyridine rings is 1. The molecule has 3 rings (SSSR count). The molecule has 1 aromatic heterocycles. The van der Waals surface area contributed by atoms with Gasteiger partial charge in [0.05, 0.1) is 11.8 Å². The number of piperidine rings is 1. The second kappa shape index (κ2) is 4.42. The molecule has 0 aromatic carbocycles. The normalized spacial score (nSPS) is 30.0. The van der Waals surface area contributed by atoms with Crippen molar-refractivity contribution in [2.24, 2.45) is 5.92 Å². The van der Waals surface area contributed by atoms with Crippen molar-refractivity contribution in [3.63, 3.8) is 0 Å². The van der Waals surface area contributed by atoms with Crippen molar-refractivity contribution in [2.45, 2.75) is 18.9 Å². The van der Waals surface area contributed by atoms with Crippen LogP contribution in [0.2, 0.25) is 0 Å². The number of fused-ring (bicyclic) bond motifs is 2. The summed E-state index contributed by atoms with van der Waals surface area (Å²) < 4.78 is 0.973. The summed E-state index contributed by atoms with van der Waals surface area (Å²) in [5, 5.41) is 10.1. The maximum absolute atomic E-state index is 10.1. The van der Waals surface area contributed by atoms with Crippen LogP contribution in [0.15, 0.2) is 28.5 Å². The molecule has 1 N–H and O–H groups in total. The fourth-order valence-electron chi connectivity index (χ4n) is 2.74. The first-order chi connectivity index (χ1) is 8.24. The van der Waals surface area contributed by atoms with Crippen LogP contribution in [-0.2, 0) is 0 Å². The van der Waals surface area contributed by atoms with E-state index in [9.17, 15) is 5.11 Å². The summed E-state index contributed by atoms with van der Waals surface area (Å²) >= 11 is 3.49. The highest BCUT2D eigenvalue weighted by molar-refractivity contribution is 9.10. The van der Waals surface area contributed by atoms with Gasteiger partial charge in [-0.3, -0.25) is 4.98 Å². The van der Waals surface area contributed by atoms with Gasteiger partial charge in [0.25, 0.3) is 0 Å². The number of nitrogens with zero attached hydrogens (tertiary/aromatic N) is 2. The monoisotopic (exact) mass is 294 g/mol. The van der Waals surface area contributed by atoms with Gasteiger partial charge < -0.3 is 10.0 Å². The Balaban J connectivity index is 1.95. The Morgan fingerprint density at radius 3 is 3.24 bits per heavy atom. The van der Waals surface area contributed by atoms with Crippen molar-refractivity contribution in [1.82, 2.24) is 9.88 Å². The molecule has 3 nitrogen and oxygen atoms in total. The van der Waals surface area contributed by atoms with E-state index < -0.39 is 0 Å². The van der Waals surface area contributed by atoms with Crippen molar-refractivity contribution in [3.05, 3.63) is 34.2 Å². The Bertz CT molecular complexity index is 460. The third kappa shape index (κ3) is 2.11. The second-order valence-corrected chi connectivity index (χ2v) is 5.65. The molecule has 0 amide bonds. The fourth-order valence-corrected chi connectivity index (χ4v) is 3.11. The molecule has 0 aliphatic carbocycles. The number of aliphatic hydroxyl groups excluding tert-OH is 1. The molecule has 90 valence electrons. The second-order valence-electron chi connectivity index (χ2n) is 4.79. The lowest BCUT2D eigenvalue weighted by molar-refractivity contribution is 0.125. The van der Waals surface area contributed by atoms with Crippen LogP contribution >= 0.6 is 15.9 Å². The van der Waals surface area contributed by atoms with Crippen LogP contribution in [0.5, 0.6) is 0 Å². The van der Waals surface area contributed by atoms with E-state index in [2.05, 4.69) is 25.8 Å². The molecule has 2 atom stereocenters. The summed E-state index contributed by atoms with van der Waals surface area (Å²) in [5.41, 5.74) is 1.92. The summed E-state index contributed by atoms with van der Waals surface area (Å²) in [5.74, 6) is 0.675. The third-order valence-corrected chi connectivity index (χ3v) is 4.29. The summed E-state index contributed by atoms with van der Waals surface area (Å²) in [6.07, 6.45) is 5.56. The van der Waals surface area contributed by atoms with Crippen LogP contribution in [0.25, 0.3) is 6.08 Å². The highest BCUT2D eigenvalue weighted by Crippen LogP contribution is 2.34. The predicted octanol–water partition coefficient (Wildman–Crippen LogP) is 2.27. The molecule has 2 saturated heterocycles. The van der Waals surface area contributed by atoms with Gasteiger partial charge in [-0.25, -0.2) is 0 Å². The highest BCUT2D eigenvalue weighted by Gasteiger charge is 2.34. The zero-order valence-electron chi connectivity index (χ0n) is 9.51. The molecular formula is C13H15BrN2O. The summed E-state index contributed by atoms with van der Waals surface area (Å²) in [6.45, 7) is 2.16. The number of rotatable bonds is 1. The van der Waals surface area contributed by atoms with Gasteiger partial charge >= 0.3 is 0 Å². The van der Waals surface area contributed by atoms with E-state index >= 15 is 0 Å². The molecular weight excluding hydrogens is 280 g/mol. The number of aromatic nitrogens is 1. The maximum Gasteiger partial charge on any atom is 0.0940 e.